The zero-order valence-electron chi connectivity index (χ0n) is 13.8. The Bertz CT molecular complexity index is 1150. The number of phenolic OH excluding ortho intramolecular Hbond substituents is 1. The number of aromatic hydroxyl groups is 1. The lowest BCUT2D eigenvalue weighted by atomic mass is 10.3. The van der Waals surface area contributed by atoms with Crippen molar-refractivity contribution in [2.24, 2.45) is 0 Å². The Balaban J connectivity index is 1.84. The van der Waals surface area contributed by atoms with Gasteiger partial charge in [-0.15, -0.1) is 0 Å². The molecule has 0 aliphatic heterocycles. The third kappa shape index (κ3) is 2.73. The summed E-state index contributed by atoms with van der Waals surface area (Å²) in [6.45, 7) is 0. The fourth-order valence-electron chi connectivity index (χ4n) is 2.71. The van der Waals surface area contributed by atoms with Gasteiger partial charge in [-0.1, -0.05) is 18.2 Å². The van der Waals surface area contributed by atoms with Crippen LogP contribution in [0.3, 0.4) is 0 Å². The van der Waals surface area contributed by atoms with Crippen LogP contribution in [0.2, 0.25) is 0 Å². The molecule has 0 atom stereocenters. The number of rotatable bonds is 4. The molecule has 0 aliphatic carbocycles. The van der Waals surface area contributed by atoms with E-state index < -0.39 is 0 Å². The van der Waals surface area contributed by atoms with Gasteiger partial charge in [-0.05, 0) is 24.3 Å². The number of nitrogens with zero attached hydrogens (tertiary/aromatic N) is 3. The molecule has 0 spiro atoms. The molecule has 0 amide bonds. The predicted molar refractivity (Wildman–Crippen MR) is 97.4 cm³/mol. The second-order valence-corrected chi connectivity index (χ2v) is 5.54. The molecule has 8 nitrogen and oxygen atoms in total. The standard InChI is InChI=1S/C18H15N5O3/c1-26-15-8-3-2-7-14(15)23-16-13(21-18(23)25)10-19-17(22-16)20-11-5-4-6-12(24)9-11/h2-10,24H,1H3,(H,21,25)(H,19,20,22). The molecule has 3 N–H and O–H groups in total. The van der Waals surface area contributed by atoms with Crippen LogP contribution in [0.25, 0.3) is 16.9 Å². The number of para-hydroxylation sites is 2. The Morgan fingerprint density at radius 3 is 2.85 bits per heavy atom. The molecular weight excluding hydrogens is 334 g/mol. The number of anilines is 2. The fraction of sp³-hybridized carbons (Fsp3) is 0.0556. The topological polar surface area (TPSA) is 105 Å². The van der Waals surface area contributed by atoms with E-state index in [-0.39, 0.29) is 11.4 Å². The monoisotopic (exact) mass is 349 g/mol. The molecule has 0 bridgehead atoms. The number of imidazole rings is 1. The first-order valence-electron chi connectivity index (χ1n) is 7.83. The third-order valence-electron chi connectivity index (χ3n) is 3.85. The van der Waals surface area contributed by atoms with Crippen LogP contribution < -0.4 is 15.7 Å². The predicted octanol–water partition coefficient (Wildman–Crippen LogP) is 2.57. The largest absolute Gasteiger partial charge is 0.508 e. The molecule has 2 aromatic carbocycles. The lowest BCUT2D eigenvalue weighted by Gasteiger charge is -2.09. The summed E-state index contributed by atoms with van der Waals surface area (Å²) in [5.41, 5.74) is 1.78. The average molecular weight is 349 g/mol. The van der Waals surface area contributed by atoms with Crippen molar-refractivity contribution in [2.45, 2.75) is 0 Å². The first-order valence-corrected chi connectivity index (χ1v) is 7.83. The quantitative estimate of drug-likeness (QED) is 0.523. The summed E-state index contributed by atoms with van der Waals surface area (Å²) in [5.74, 6) is 0.978. The Kier molecular flexibility index (Phi) is 3.77. The summed E-state index contributed by atoms with van der Waals surface area (Å²) in [5, 5.41) is 12.6. The highest BCUT2D eigenvalue weighted by Crippen LogP contribution is 2.24. The van der Waals surface area contributed by atoms with E-state index in [0.29, 0.717) is 34.2 Å². The van der Waals surface area contributed by atoms with Crippen LogP contribution in [-0.4, -0.2) is 31.7 Å². The van der Waals surface area contributed by atoms with Gasteiger partial charge in [0.2, 0.25) is 5.95 Å². The third-order valence-corrected chi connectivity index (χ3v) is 3.85. The maximum absolute atomic E-state index is 12.5. The number of phenols is 1. The van der Waals surface area contributed by atoms with E-state index in [1.54, 1.807) is 43.5 Å². The van der Waals surface area contributed by atoms with E-state index in [2.05, 4.69) is 20.3 Å². The summed E-state index contributed by atoms with van der Waals surface area (Å²) in [4.78, 5) is 23.8. The van der Waals surface area contributed by atoms with Gasteiger partial charge < -0.3 is 20.1 Å². The minimum atomic E-state index is -0.340. The minimum absolute atomic E-state index is 0.128. The lowest BCUT2D eigenvalue weighted by Crippen LogP contribution is -2.15. The zero-order chi connectivity index (χ0) is 18.1. The van der Waals surface area contributed by atoms with E-state index in [1.165, 1.54) is 10.8 Å². The highest BCUT2D eigenvalue weighted by Gasteiger charge is 2.15. The number of nitrogens with one attached hydrogen (secondary N) is 2. The van der Waals surface area contributed by atoms with E-state index in [0.717, 1.165) is 0 Å². The van der Waals surface area contributed by atoms with Gasteiger partial charge in [-0.25, -0.2) is 14.3 Å². The molecule has 0 fully saturated rings. The van der Waals surface area contributed by atoms with Crippen molar-refractivity contribution in [1.29, 1.82) is 0 Å². The van der Waals surface area contributed by atoms with Gasteiger partial charge in [0.25, 0.3) is 0 Å². The van der Waals surface area contributed by atoms with Crippen molar-refractivity contribution in [2.75, 3.05) is 12.4 Å². The molecule has 2 aromatic heterocycles. The maximum Gasteiger partial charge on any atom is 0.332 e. The molecule has 0 unspecified atom stereocenters. The van der Waals surface area contributed by atoms with Gasteiger partial charge in [0, 0.05) is 11.8 Å². The number of aromatic nitrogens is 4. The zero-order valence-corrected chi connectivity index (χ0v) is 13.8. The molecule has 0 radical (unpaired) electrons. The number of fused-ring (bicyclic) bond motifs is 1. The number of aromatic amines is 1. The number of methoxy groups -OCH3 is 1. The molecular formula is C18H15N5O3. The van der Waals surface area contributed by atoms with Crippen LogP contribution in [0.15, 0.2) is 59.5 Å². The normalized spacial score (nSPS) is 10.8. The minimum Gasteiger partial charge on any atom is -0.508 e. The molecule has 0 saturated carbocycles. The highest BCUT2D eigenvalue weighted by atomic mass is 16.5. The van der Waals surface area contributed by atoms with Crippen molar-refractivity contribution in [1.82, 2.24) is 19.5 Å². The SMILES string of the molecule is COc1ccccc1-n1c(=O)[nH]c2cnc(Nc3cccc(O)c3)nc21. The van der Waals surface area contributed by atoms with Gasteiger partial charge in [-0.2, -0.15) is 4.98 Å². The average Bonchev–Trinajstić information content (AvgIpc) is 2.96. The van der Waals surface area contributed by atoms with E-state index in [4.69, 9.17) is 4.74 Å². The van der Waals surface area contributed by atoms with E-state index in [9.17, 15) is 9.90 Å². The van der Waals surface area contributed by atoms with E-state index >= 15 is 0 Å². The number of hydrogen-bond acceptors (Lipinski definition) is 6. The summed E-state index contributed by atoms with van der Waals surface area (Å²) >= 11 is 0. The molecule has 4 aromatic rings. The molecule has 2 heterocycles. The van der Waals surface area contributed by atoms with Crippen LogP contribution in [0.5, 0.6) is 11.5 Å². The van der Waals surface area contributed by atoms with Crippen LogP contribution in [0.4, 0.5) is 11.6 Å². The molecule has 130 valence electrons. The Hall–Kier alpha value is -3.81. The van der Waals surface area contributed by atoms with Crippen molar-refractivity contribution in [3.63, 3.8) is 0 Å². The summed E-state index contributed by atoms with van der Waals surface area (Å²) in [6.07, 6.45) is 1.53. The van der Waals surface area contributed by atoms with Gasteiger partial charge in [-0.3, -0.25) is 0 Å². The van der Waals surface area contributed by atoms with Crippen LogP contribution in [0.1, 0.15) is 0 Å². The molecule has 8 heteroatoms. The Morgan fingerprint density at radius 1 is 1.19 bits per heavy atom. The summed E-state index contributed by atoms with van der Waals surface area (Å²) in [6, 6.07) is 13.8. The number of hydrogen-bond donors (Lipinski definition) is 3. The number of benzene rings is 2. The molecule has 4 rings (SSSR count). The second kappa shape index (κ2) is 6.25. The molecule has 0 saturated heterocycles. The summed E-state index contributed by atoms with van der Waals surface area (Å²) < 4.78 is 6.79. The van der Waals surface area contributed by atoms with Crippen LogP contribution in [-0.2, 0) is 0 Å². The molecule has 0 aliphatic rings. The Morgan fingerprint density at radius 2 is 2.04 bits per heavy atom. The van der Waals surface area contributed by atoms with Crippen LogP contribution >= 0.6 is 0 Å². The van der Waals surface area contributed by atoms with Gasteiger partial charge in [0.1, 0.15) is 17.0 Å². The lowest BCUT2D eigenvalue weighted by molar-refractivity contribution is 0.413. The van der Waals surface area contributed by atoms with Crippen molar-refractivity contribution in [3.05, 3.63) is 65.2 Å². The van der Waals surface area contributed by atoms with Crippen molar-refractivity contribution in [3.8, 4) is 17.2 Å². The van der Waals surface area contributed by atoms with Gasteiger partial charge >= 0.3 is 5.69 Å². The molecule has 26 heavy (non-hydrogen) atoms. The van der Waals surface area contributed by atoms with Crippen LogP contribution in [0, 0.1) is 0 Å². The highest BCUT2D eigenvalue weighted by molar-refractivity contribution is 5.75. The van der Waals surface area contributed by atoms with Gasteiger partial charge in [0.05, 0.1) is 19.0 Å². The first-order chi connectivity index (χ1) is 12.7. The van der Waals surface area contributed by atoms with Crippen molar-refractivity contribution < 1.29 is 9.84 Å². The van der Waals surface area contributed by atoms with Gasteiger partial charge in [0.15, 0.2) is 5.65 Å². The smallest absolute Gasteiger partial charge is 0.332 e. The number of H-pyrrole nitrogens is 1. The van der Waals surface area contributed by atoms with E-state index in [1.807, 2.05) is 12.1 Å². The maximum atomic E-state index is 12.5. The number of ether oxygens (including phenoxy) is 1. The van der Waals surface area contributed by atoms with Crippen molar-refractivity contribution >= 4 is 22.8 Å². The Labute approximate surface area is 147 Å². The summed E-state index contributed by atoms with van der Waals surface area (Å²) in [7, 11) is 1.54. The fourth-order valence-corrected chi connectivity index (χ4v) is 2.71. The second-order valence-electron chi connectivity index (χ2n) is 5.54. The first kappa shape index (κ1) is 15.7.